The molecule has 1 rings (SSSR count). The molecule has 1 atom stereocenters. The summed E-state index contributed by atoms with van der Waals surface area (Å²) in [6.07, 6.45) is 3.36. The molecular weight excluding hydrogens is 276 g/mol. The van der Waals surface area contributed by atoms with Gasteiger partial charge in [0.2, 0.25) is 0 Å². The van der Waals surface area contributed by atoms with Crippen molar-refractivity contribution >= 4 is 17.8 Å². The molecule has 7 nitrogen and oxygen atoms in total. The van der Waals surface area contributed by atoms with E-state index >= 15 is 0 Å². The number of hydrogen-bond donors (Lipinski definition) is 2. The van der Waals surface area contributed by atoms with E-state index in [9.17, 15) is 19.5 Å². The van der Waals surface area contributed by atoms with Gasteiger partial charge in [-0.3, -0.25) is 14.6 Å². The summed E-state index contributed by atoms with van der Waals surface area (Å²) < 4.78 is 0. The number of rotatable bonds is 8. The van der Waals surface area contributed by atoms with Crippen LogP contribution in [-0.4, -0.2) is 50.5 Å². The maximum Gasteiger partial charge on any atom is 0.326 e. The quantitative estimate of drug-likeness (QED) is 0.747. The summed E-state index contributed by atoms with van der Waals surface area (Å²) in [5.74, 6) is -2.75. The Hall–Kier alpha value is -2.44. The molecule has 0 bridgehead atoms. The first-order valence-electron chi connectivity index (χ1n) is 6.63. The molecule has 1 amide bonds. The molecule has 7 heteroatoms. The van der Waals surface area contributed by atoms with Gasteiger partial charge < -0.3 is 15.1 Å². The Morgan fingerprint density at radius 1 is 1.33 bits per heavy atom. The molecule has 0 aromatic carbocycles. The second-order valence-corrected chi connectivity index (χ2v) is 4.53. The molecule has 21 heavy (non-hydrogen) atoms. The summed E-state index contributed by atoms with van der Waals surface area (Å²) in [5.41, 5.74) is 0.241. The summed E-state index contributed by atoms with van der Waals surface area (Å²) in [7, 11) is 0. The topological polar surface area (TPSA) is 108 Å². The van der Waals surface area contributed by atoms with E-state index in [-0.39, 0.29) is 24.9 Å². The first-order valence-corrected chi connectivity index (χ1v) is 6.63. The van der Waals surface area contributed by atoms with Crippen molar-refractivity contribution in [3.63, 3.8) is 0 Å². The molecule has 1 aromatic heterocycles. The molecule has 0 aliphatic rings. The lowest BCUT2D eigenvalue weighted by molar-refractivity contribution is -0.144. The van der Waals surface area contributed by atoms with Gasteiger partial charge in [-0.25, -0.2) is 4.79 Å². The average Bonchev–Trinajstić information content (AvgIpc) is 2.46. The molecule has 0 aliphatic heterocycles. The summed E-state index contributed by atoms with van der Waals surface area (Å²) in [6.45, 7) is 1.65. The number of nitrogens with zero attached hydrogens (tertiary/aromatic N) is 2. The van der Waals surface area contributed by atoms with Gasteiger partial charge in [-0.1, -0.05) is 13.3 Å². The van der Waals surface area contributed by atoms with E-state index in [0.29, 0.717) is 6.42 Å². The van der Waals surface area contributed by atoms with E-state index in [1.54, 1.807) is 13.0 Å². The molecule has 1 aromatic rings. The van der Waals surface area contributed by atoms with Gasteiger partial charge in [0, 0.05) is 18.9 Å². The van der Waals surface area contributed by atoms with Gasteiger partial charge in [0.15, 0.2) is 0 Å². The van der Waals surface area contributed by atoms with E-state index in [2.05, 4.69) is 4.98 Å². The largest absolute Gasteiger partial charge is 0.481 e. The number of carbonyl (C=O) groups is 3. The molecule has 1 unspecified atom stereocenters. The second-order valence-electron chi connectivity index (χ2n) is 4.53. The number of pyridine rings is 1. The Labute approximate surface area is 122 Å². The maximum absolute atomic E-state index is 12.4. The Morgan fingerprint density at radius 3 is 2.52 bits per heavy atom. The Morgan fingerprint density at radius 2 is 2.05 bits per heavy atom. The van der Waals surface area contributed by atoms with Gasteiger partial charge in [0.05, 0.1) is 12.0 Å². The minimum Gasteiger partial charge on any atom is -0.481 e. The number of carboxylic acids is 2. The predicted octanol–water partition coefficient (Wildman–Crippen LogP) is 1.25. The zero-order chi connectivity index (χ0) is 15.8. The van der Waals surface area contributed by atoms with Crippen molar-refractivity contribution in [1.82, 2.24) is 9.88 Å². The van der Waals surface area contributed by atoms with Crippen LogP contribution in [0.3, 0.4) is 0 Å². The van der Waals surface area contributed by atoms with Gasteiger partial charge in [-0.05, 0) is 18.6 Å². The van der Waals surface area contributed by atoms with Crippen molar-refractivity contribution in [2.75, 3.05) is 6.54 Å². The van der Waals surface area contributed by atoms with Crippen molar-refractivity contribution in [1.29, 1.82) is 0 Å². The molecule has 0 aliphatic carbocycles. The summed E-state index contributed by atoms with van der Waals surface area (Å²) in [6, 6.07) is 2.05. The van der Waals surface area contributed by atoms with E-state index in [1.165, 1.54) is 18.5 Å². The van der Waals surface area contributed by atoms with Crippen LogP contribution in [0.15, 0.2) is 24.5 Å². The normalized spacial score (nSPS) is 11.7. The molecule has 1 heterocycles. The standard InChI is InChI=1S/C14H18N2O5/c1-2-4-11(14(20)21)16(8-6-12(17)18)13(19)10-5-3-7-15-9-10/h3,5,7,9,11H,2,4,6,8H2,1H3,(H,17,18)(H,20,21). The summed E-state index contributed by atoms with van der Waals surface area (Å²) in [5, 5.41) is 18.0. The Kier molecular flexibility index (Phi) is 6.32. The fourth-order valence-corrected chi connectivity index (χ4v) is 1.96. The number of carboxylic acid groups (broad SMARTS) is 2. The highest BCUT2D eigenvalue weighted by Gasteiger charge is 2.29. The molecule has 114 valence electrons. The fourth-order valence-electron chi connectivity index (χ4n) is 1.96. The molecule has 0 saturated heterocycles. The van der Waals surface area contributed by atoms with Crippen LogP contribution in [0, 0.1) is 0 Å². The predicted molar refractivity (Wildman–Crippen MR) is 73.9 cm³/mol. The minimum absolute atomic E-state index is 0.153. The minimum atomic E-state index is -1.14. The van der Waals surface area contributed by atoms with E-state index < -0.39 is 23.9 Å². The smallest absolute Gasteiger partial charge is 0.326 e. The third kappa shape index (κ3) is 4.87. The lowest BCUT2D eigenvalue weighted by Gasteiger charge is -2.28. The number of carbonyl (C=O) groups excluding carboxylic acids is 1. The van der Waals surface area contributed by atoms with E-state index in [4.69, 9.17) is 5.11 Å². The Bertz CT molecular complexity index is 503. The number of amides is 1. The number of hydrogen-bond acceptors (Lipinski definition) is 4. The van der Waals surface area contributed by atoms with Crippen LogP contribution in [-0.2, 0) is 9.59 Å². The summed E-state index contributed by atoms with van der Waals surface area (Å²) in [4.78, 5) is 39.4. The third-order valence-corrected chi connectivity index (χ3v) is 2.96. The van der Waals surface area contributed by atoms with Gasteiger partial charge in [-0.15, -0.1) is 0 Å². The van der Waals surface area contributed by atoms with Gasteiger partial charge in [-0.2, -0.15) is 0 Å². The highest BCUT2D eigenvalue weighted by molar-refractivity contribution is 5.96. The van der Waals surface area contributed by atoms with Crippen molar-refractivity contribution in [3.8, 4) is 0 Å². The van der Waals surface area contributed by atoms with Crippen LogP contribution in [0.5, 0.6) is 0 Å². The first-order chi connectivity index (χ1) is 9.97. The van der Waals surface area contributed by atoms with Gasteiger partial charge in [0.1, 0.15) is 6.04 Å². The Balaban J connectivity index is 3.02. The molecule has 0 saturated carbocycles. The van der Waals surface area contributed by atoms with E-state index in [0.717, 1.165) is 4.90 Å². The first kappa shape index (κ1) is 16.6. The fraction of sp³-hybridized carbons (Fsp3) is 0.429. The van der Waals surface area contributed by atoms with Crippen LogP contribution in [0.25, 0.3) is 0 Å². The molecular formula is C14H18N2O5. The third-order valence-electron chi connectivity index (χ3n) is 2.96. The molecule has 0 radical (unpaired) electrons. The van der Waals surface area contributed by atoms with Crippen LogP contribution in [0.4, 0.5) is 0 Å². The second kappa shape index (κ2) is 7.98. The van der Waals surface area contributed by atoms with Crippen molar-refractivity contribution in [2.24, 2.45) is 0 Å². The van der Waals surface area contributed by atoms with Gasteiger partial charge in [0.25, 0.3) is 5.91 Å². The van der Waals surface area contributed by atoms with Crippen LogP contribution in [0.1, 0.15) is 36.5 Å². The summed E-state index contributed by atoms with van der Waals surface area (Å²) >= 11 is 0. The van der Waals surface area contributed by atoms with Gasteiger partial charge >= 0.3 is 11.9 Å². The van der Waals surface area contributed by atoms with Crippen LogP contribution < -0.4 is 0 Å². The zero-order valence-corrected chi connectivity index (χ0v) is 11.7. The van der Waals surface area contributed by atoms with Crippen molar-refractivity contribution in [3.05, 3.63) is 30.1 Å². The SMILES string of the molecule is CCCC(C(=O)O)N(CCC(=O)O)C(=O)c1cccnc1. The zero-order valence-electron chi connectivity index (χ0n) is 11.7. The molecule has 0 fully saturated rings. The lowest BCUT2D eigenvalue weighted by Crippen LogP contribution is -2.46. The van der Waals surface area contributed by atoms with E-state index in [1.807, 2.05) is 0 Å². The number of aliphatic carboxylic acids is 2. The maximum atomic E-state index is 12.4. The number of aromatic nitrogens is 1. The molecule has 2 N–H and O–H groups in total. The lowest BCUT2D eigenvalue weighted by atomic mass is 10.1. The average molecular weight is 294 g/mol. The molecule has 0 spiro atoms. The highest BCUT2D eigenvalue weighted by atomic mass is 16.4. The highest BCUT2D eigenvalue weighted by Crippen LogP contribution is 2.13. The van der Waals surface area contributed by atoms with Crippen LogP contribution in [0.2, 0.25) is 0 Å². The van der Waals surface area contributed by atoms with Crippen molar-refractivity contribution in [2.45, 2.75) is 32.2 Å². The van der Waals surface area contributed by atoms with Crippen molar-refractivity contribution < 1.29 is 24.6 Å². The monoisotopic (exact) mass is 294 g/mol. The van der Waals surface area contributed by atoms with Crippen LogP contribution >= 0.6 is 0 Å².